The number of carbonyl (C=O) groups excluding carboxylic acids is 1. The van der Waals surface area contributed by atoms with Gasteiger partial charge in [-0.15, -0.1) is 10.2 Å². The summed E-state index contributed by atoms with van der Waals surface area (Å²) in [7, 11) is 0. The summed E-state index contributed by atoms with van der Waals surface area (Å²) in [5.74, 6) is -0.296. The second kappa shape index (κ2) is 8.04. The van der Waals surface area contributed by atoms with E-state index in [0.717, 1.165) is 0 Å². The Morgan fingerprint density at radius 3 is 2.87 bits per heavy atom. The number of oxazole rings is 1. The number of rotatable bonds is 5. The van der Waals surface area contributed by atoms with Gasteiger partial charge in [0, 0.05) is 24.7 Å². The van der Waals surface area contributed by atoms with Crippen LogP contribution in [-0.4, -0.2) is 60.4 Å². The zero-order chi connectivity index (χ0) is 21.1. The van der Waals surface area contributed by atoms with Gasteiger partial charge in [-0.25, -0.2) is 9.78 Å². The number of nitriles is 1. The highest BCUT2D eigenvalue weighted by Gasteiger charge is 2.36. The van der Waals surface area contributed by atoms with E-state index in [0.29, 0.717) is 29.9 Å². The van der Waals surface area contributed by atoms with Crippen LogP contribution in [0.3, 0.4) is 0 Å². The Labute approximate surface area is 170 Å². The fraction of sp³-hybridized carbons (Fsp3) is 0.263. The van der Waals surface area contributed by atoms with Crippen LogP contribution in [0, 0.1) is 11.3 Å². The van der Waals surface area contributed by atoms with Gasteiger partial charge in [0.2, 0.25) is 0 Å². The van der Waals surface area contributed by atoms with E-state index >= 15 is 0 Å². The molecule has 1 aromatic carbocycles. The minimum atomic E-state index is -1.05. The van der Waals surface area contributed by atoms with Crippen molar-refractivity contribution in [1.29, 1.82) is 5.26 Å². The third-order valence-corrected chi connectivity index (χ3v) is 4.86. The molecule has 3 aromatic rings. The van der Waals surface area contributed by atoms with Crippen LogP contribution in [0.15, 0.2) is 47.5 Å². The topological polar surface area (TPSA) is 150 Å². The lowest BCUT2D eigenvalue weighted by Crippen LogP contribution is -2.39. The number of aromatic nitrogens is 4. The van der Waals surface area contributed by atoms with Gasteiger partial charge in [-0.2, -0.15) is 5.26 Å². The maximum absolute atomic E-state index is 12.6. The molecule has 0 unspecified atom stereocenters. The second-order valence-electron chi connectivity index (χ2n) is 6.88. The van der Waals surface area contributed by atoms with Crippen LogP contribution < -0.4 is 5.32 Å². The highest BCUT2D eigenvalue weighted by molar-refractivity contribution is 5.90. The minimum absolute atomic E-state index is 0.128. The molecular formula is C19H17N7O4. The van der Waals surface area contributed by atoms with E-state index in [1.165, 1.54) is 23.8 Å². The van der Waals surface area contributed by atoms with Crippen molar-refractivity contribution in [3.8, 4) is 17.4 Å². The van der Waals surface area contributed by atoms with E-state index in [1.54, 1.807) is 28.8 Å². The molecule has 2 amide bonds. The number of carboxylic acid groups (broad SMARTS) is 1. The van der Waals surface area contributed by atoms with Gasteiger partial charge in [-0.05, 0) is 18.6 Å². The molecule has 0 aliphatic carbocycles. The average molecular weight is 407 g/mol. The number of hydrogen-bond donors (Lipinski definition) is 2. The van der Waals surface area contributed by atoms with Gasteiger partial charge in [-0.1, -0.05) is 12.1 Å². The molecule has 3 heterocycles. The van der Waals surface area contributed by atoms with E-state index < -0.39 is 12.0 Å². The van der Waals surface area contributed by atoms with E-state index in [2.05, 4.69) is 20.5 Å². The molecule has 1 fully saturated rings. The summed E-state index contributed by atoms with van der Waals surface area (Å²) in [4.78, 5) is 29.4. The van der Waals surface area contributed by atoms with Crippen molar-refractivity contribution in [2.45, 2.75) is 25.0 Å². The van der Waals surface area contributed by atoms with Gasteiger partial charge in [0.15, 0.2) is 5.76 Å². The Bertz CT molecular complexity index is 1100. The number of amides is 2. The molecule has 4 rings (SSSR count). The van der Waals surface area contributed by atoms with Crippen molar-refractivity contribution < 1.29 is 19.1 Å². The second-order valence-corrected chi connectivity index (χ2v) is 6.88. The molecule has 2 N–H and O–H groups in total. The number of carbonyl (C=O) groups is 2. The Kier molecular flexibility index (Phi) is 5.13. The van der Waals surface area contributed by atoms with Crippen molar-refractivity contribution in [2.24, 2.45) is 0 Å². The standard InChI is InChI=1S/C19H17N7O4/c20-6-12-2-1-3-13(4-12)16-7-21-18(30-16)17(27)24-14-5-15(26(8-14)19(28)29)9-25-10-22-23-11-25/h1-4,7,10-11,14-15H,5,8-9H2,(H,24,27)(H,28,29)/t14-,15+/m1/s1. The molecule has 0 saturated carbocycles. The maximum Gasteiger partial charge on any atom is 0.407 e. The van der Waals surface area contributed by atoms with E-state index in [4.69, 9.17) is 9.68 Å². The monoisotopic (exact) mass is 407 g/mol. The fourth-order valence-electron chi connectivity index (χ4n) is 3.49. The number of likely N-dealkylation sites (tertiary alicyclic amines) is 1. The molecule has 1 aliphatic rings. The Hall–Kier alpha value is -4.20. The van der Waals surface area contributed by atoms with Gasteiger partial charge >= 0.3 is 12.0 Å². The Morgan fingerprint density at radius 1 is 1.33 bits per heavy atom. The molecule has 2 atom stereocenters. The first-order valence-corrected chi connectivity index (χ1v) is 9.12. The molecule has 11 nitrogen and oxygen atoms in total. The lowest BCUT2D eigenvalue weighted by atomic mass is 10.1. The molecule has 0 spiro atoms. The highest BCUT2D eigenvalue weighted by Crippen LogP contribution is 2.23. The molecule has 152 valence electrons. The third-order valence-electron chi connectivity index (χ3n) is 4.86. The summed E-state index contributed by atoms with van der Waals surface area (Å²) >= 11 is 0. The minimum Gasteiger partial charge on any atom is -0.465 e. The molecule has 2 aromatic heterocycles. The first kappa shape index (κ1) is 19.1. The van der Waals surface area contributed by atoms with E-state index in [-0.39, 0.29) is 24.5 Å². The summed E-state index contributed by atoms with van der Waals surface area (Å²) in [5.41, 5.74) is 1.10. The number of nitrogens with one attached hydrogen (secondary N) is 1. The summed E-state index contributed by atoms with van der Waals surface area (Å²) in [6.07, 6.45) is 3.83. The lowest BCUT2D eigenvalue weighted by molar-refractivity contribution is 0.0901. The average Bonchev–Trinajstić information content (AvgIpc) is 3.49. The quantitative estimate of drug-likeness (QED) is 0.643. The van der Waals surface area contributed by atoms with Crippen molar-refractivity contribution in [1.82, 2.24) is 30.0 Å². The summed E-state index contributed by atoms with van der Waals surface area (Å²) < 4.78 is 7.24. The maximum atomic E-state index is 12.6. The van der Waals surface area contributed by atoms with Gasteiger partial charge in [0.25, 0.3) is 5.89 Å². The SMILES string of the molecule is N#Cc1cccc(-c2cnc(C(=O)N[C@@H]3C[C@@H](Cn4cnnc4)N(C(=O)O)C3)o2)c1. The number of benzene rings is 1. The molecule has 0 bridgehead atoms. The predicted molar refractivity (Wildman–Crippen MR) is 101 cm³/mol. The lowest BCUT2D eigenvalue weighted by Gasteiger charge is -2.20. The molecule has 0 radical (unpaired) electrons. The van der Waals surface area contributed by atoms with Crippen molar-refractivity contribution in [3.05, 3.63) is 54.6 Å². The zero-order valence-corrected chi connectivity index (χ0v) is 15.7. The first-order chi connectivity index (χ1) is 14.5. The third kappa shape index (κ3) is 3.97. The van der Waals surface area contributed by atoms with Crippen LogP contribution in [0.4, 0.5) is 4.79 Å². The van der Waals surface area contributed by atoms with Gasteiger partial charge in [0.05, 0.1) is 23.9 Å². The first-order valence-electron chi connectivity index (χ1n) is 9.12. The van der Waals surface area contributed by atoms with Crippen LogP contribution in [0.25, 0.3) is 11.3 Å². The summed E-state index contributed by atoms with van der Waals surface area (Å²) in [6.45, 7) is 0.551. The predicted octanol–water partition coefficient (Wildman–Crippen LogP) is 1.36. The number of nitrogens with zero attached hydrogens (tertiary/aromatic N) is 6. The zero-order valence-electron chi connectivity index (χ0n) is 15.7. The van der Waals surface area contributed by atoms with E-state index in [1.807, 2.05) is 6.07 Å². The summed E-state index contributed by atoms with van der Waals surface area (Å²) in [5, 5.41) is 28.7. The van der Waals surface area contributed by atoms with Crippen LogP contribution >= 0.6 is 0 Å². The molecule has 11 heteroatoms. The number of hydrogen-bond acceptors (Lipinski definition) is 7. The van der Waals surface area contributed by atoms with E-state index in [9.17, 15) is 14.7 Å². The molecule has 1 aliphatic heterocycles. The van der Waals surface area contributed by atoms with Crippen LogP contribution in [0.5, 0.6) is 0 Å². The normalized spacial score (nSPS) is 18.2. The van der Waals surface area contributed by atoms with Crippen LogP contribution in [-0.2, 0) is 6.54 Å². The van der Waals surface area contributed by atoms with Crippen molar-refractivity contribution >= 4 is 12.0 Å². The van der Waals surface area contributed by atoms with Crippen LogP contribution in [0.2, 0.25) is 0 Å². The highest BCUT2D eigenvalue weighted by atomic mass is 16.4. The largest absolute Gasteiger partial charge is 0.465 e. The Balaban J connectivity index is 1.43. The fourth-order valence-corrected chi connectivity index (χ4v) is 3.49. The van der Waals surface area contributed by atoms with Gasteiger partial charge in [0.1, 0.15) is 12.7 Å². The smallest absolute Gasteiger partial charge is 0.407 e. The summed E-state index contributed by atoms with van der Waals surface area (Å²) in [6, 6.07) is 8.11. The van der Waals surface area contributed by atoms with Gasteiger partial charge in [-0.3, -0.25) is 4.79 Å². The molecular weight excluding hydrogens is 390 g/mol. The van der Waals surface area contributed by atoms with Crippen LogP contribution in [0.1, 0.15) is 22.7 Å². The molecule has 30 heavy (non-hydrogen) atoms. The Morgan fingerprint density at radius 2 is 2.13 bits per heavy atom. The van der Waals surface area contributed by atoms with Crippen molar-refractivity contribution in [2.75, 3.05) is 6.54 Å². The molecule has 1 saturated heterocycles. The van der Waals surface area contributed by atoms with Crippen molar-refractivity contribution in [3.63, 3.8) is 0 Å². The van der Waals surface area contributed by atoms with Gasteiger partial charge < -0.3 is 24.3 Å².